The molecule has 0 bridgehead atoms. The fraction of sp³-hybridized carbons (Fsp3) is 0.250. The molecule has 0 unspecified atom stereocenters. The van der Waals surface area contributed by atoms with Gasteiger partial charge in [-0.05, 0) is 24.1 Å². The second-order valence-corrected chi connectivity index (χ2v) is 5.37. The number of carboxylic acids is 1. The van der Waals surface area contributed by atoms with Crippen LogP contribution in [0.3, 0.4) is 0 Å². The molecule has 0 aliphatic heterocycles. The molecule has 22 heavy (non-hydrogen) atoms. The summed E-state index contributed by atoms with van der Waals surface area (Å²) in [5.74, 6) is -1.93. The van der Waals surface area contributed by atoms with Crippen molar-refractivity contribution in [3.63, 3.8) is 0 Å². The quantitative estimate of drug-likeness (QED) is 0.449. The topological polar surface area (TPSA) is 66.4 Å². The number of benzene rings is 1. The summed E-state index contributed by atoms with van der Waals surface area (Å²) in [6.07, 6.45) is 2.30. The third-order valence-corrected chi connectivity index (χ3v) is 3.52. The minimum absolute atomic E-state index is 0.160. The van der Waals surface area contributed by atoms with Crippen molar-refractivity contribution in [3.05, 3.63) is 52.2 Å². The van der Waals surface area contributed by atoms with Crippen molar-refractivity contribution < 1.29 is 14.7 Å². The van der Waals surface area contributed by atoms with E-state index in [0.717, 1.165) is 12.5 Å². The van der Waals surface area contributed by atoms with E-state index in [9.17, 15) is 14.7 Å². The second-order valence-electron chi connectivity index (χ2n) is 4.52. The maximum atomic E-state index is 12.2. The lowest BCUT2D eigenvalue weighted by Crippen LogP contribution is -2.20. The van der Waals surface area contributed by atoms with Gasteiger partial charge in [-0.15, -0.1) is 0 Å². The fourth-order valence-electron chi connectivity index (χ4n) is 1.89. The van der Waals surface area contributed by atoms with E-state index < -0.39 is 11.8 Å². The summed E-state index contributed by atoms with van der Waals surface area (Å²) in [7, 11) is 1.59. The first kappa shape index (κ1) is 18.3. The van der Waals surface area contributed by atoms with E-state index in [4.69, 9.17) is 23.2 Å². The van der Waals surface area contributed by atoms with Crippen molar-refractivity contribution in [1.29, 1.82) is 0 Å². The minimum Gasteiger partial charge on any atom is -0.477 e. The van der Waals surface area contributed by atoms with E-state index in [1.54, 1.807) is 31.3 Å². The molecule has 0 aromatic heterocycles. The van der Waals surface area contributed by atoms with Gasteiger partial charge in [-0.3, -0.25) is 4.79 Å². The van der Waals surface area contributed by atoms with Crippen LogP contribution in [0.2, 0.25) is 5.02 Å². The van der Waals surface area contributed by atoms with Gasteiger partial charge in [0.2, 0.25) is 0 Å². The fourth-order valence-corrected chi connectivity index (χ4v) is 2.24. The molecule has 1 aromatic carbocycles. The molecule has 2 N–H and O–H groups in total. The van der Waals surface area contributed by atoms with Crippen LogP contribution in [-0.2, 0) is 9.59 Å². The van der Waals surface area contributed by atoms with E-state index in [0.29, 0.717) is 22.7 Å². The van der Waals surface area contributed by atoms with Crippen LogP contribution >= 0.6 is 23.2 Å². The van der Waals surface area contributed by atoms with Gasteiger partial charge < -0.3 is 10.4 Å². The molecule has 0 radical (unpaired) electrons. The molecule has 0 saturated carbocycles. The first-order chi connectivity index (χ1) is 10.4. The first-order valence-corrected chi connectivity index (χ1v) is 7.48. The van der Waals surface area contributed by atoms with Gasteiger partial charge in [0.05, 0.1) is 5.03 Å². The third kappa shape index (κ3) is 4.90. The smallest absolute Gasteiger partial charge is 0.341 e. The highest BCUT2D eigenvalue weighted by atomic mass is 35.5. The van der Waals surface area contributed by atoms with Crippen LogP contribution in [0.25, 0.3) is 5.03 Å². The Morgan fingerprint density at radius 3 is 2.32 bits per heavy atom. The van der Waals surface area contributed by atoms with Crippen LogP contribution in [0.5, 0.6) is 0 Å². The summed E-state index contributed by atoms with van der Waals surface area (Å²) < 4.78 is 0. The van der Waals surface area contributed by atoms with Gasteiger partial charge in [0.1, 0.15) is 5.57 Å². The van der Waals surface area contributed by atoms with E-state index in [1.807, 2.05) is 6.92 Å². The van der Waals surface area contributed by atoms with Gasteiger partial charge in [0.25, 0.3) is 0 Å². The van der Waals surface area contributed by atoms with Crippen LogP contribution in [0.1, 0.15) is 25.3 Å². The Bertz CT molecular complexity index is 619. The van der Waals surface area contributed by atoms with Gasteiger partial charge in [0.15, 0.2) is 5.78 Å². The van der Waals surface area contributed by atoms with Crippen LogP contribution in [-0.4, -0.2) is 23.9 Å². The Morgan fingerprint density at radius 1 is 1.27 bits per heavy atom. The average molecular weight is 342 g/mol. The average Bonchev–Trinajstić information content (AvgIpc) is 2.46. The van der Waals surface area contributed by atoms with Crippen molar-refractivity contribution >= 4 is 40.0 Å². The summed E-state index contributed by atoms with van der Waals surface area (Å²) in [4.78, 5) is 23.6. The molecule has 4 nitrogen and oxygen atoms in total. The molecule has 118 valence electrons. The molecular weight excluding hydrogens is 325 g/mol. The van der Waals surface area contributed by atoms with Gasteiger partial charge in [-0.2, -0.15) is 0 Å². The Balaban J connectivity index is 3.17. The molecule has 1 rings (SSSR count). The molecule has 0 heterocycles. The van der Waals surface area contributed by atoms with E-state index >= 15 is 0 Å². The summed E-state index contributed by atoms with van der Waals surface area (Å²) in [5.41, 5.74) is 0.680. The van der Waals surface area contributed by atoms with Gasteiger partial charge in [-0.1, -0.05) is 48.7 Å². The van der Waals surface area contributed by atoms with Gasteiger partial charge in [-0.25, -0.2) is 4.79 Å². The monoisotopic (exact) mass is 341 g/mol. The molecule has 0 fully saturated rings. The van der Waals surface area contributed by atoms with Crippen LogP contribution in [0.4, 0.5) is 0 Å². The van der Waals surface area contributed by atoms with Crippen LogP contribution in [0, 0.1) is 0 Å². The largest absolute Gasteiger partial charge is 0.477 e. The number of allylic oxidation sites excluding steroid dienone is 2. The number of ketones is 1. The van der Waals surface area contributed by atoms with Gasteiger partial charge >= 0.3 is 5.97 Å². The number of aliphatic carboxylic acids is 1. The number of rotatable bonds is 7. The number of hydrogen-bond acceptors (Lipinski definition) is 3. The predicted molar refractivity (Wildman–Crippen MR) is 88.9 cm³/mol. The molecule has 0 saturated heterocycles. The Morgan fingerprint density at radius 2 is 1.86 bits per heavy atom. The normalized spacial score (nSPS) is 12.6. The minimum atomic E-state index is -1.28. The maximum Gasteiger partial charge on any atom is 0.341 e. The van der Waals surface area contributed by atoms with E-state index in [1.165, 1.54) is 0 Å². The van der Waals surface area contributed by atoms with Crippen LogP contribution in [0.15, 0.2) is 41.6 Å². The number of carbonyl (C=O) groups is 2. The van der Waals surface area contributed by atoms with Crippen molar-refractivity contribution in [2.75, 3.05) is 7.05 Å². The summed E-state index contributed by atoms with van der Waals surface area (Å²) in [6.45, 7) is 1.90. The summed E-state index contributed by atoms with van der Waals surface area (Å²) in [6, 6.07) is 6.59. The number of nitrogens with one attached hydrogen (secondary N) is 1. The Kier molecular flexibility index (Phi) is 7.15. The number of halogens is 2. The molecule has 0 atom stereocenters. The van der Waals surface area contributed by atoms with Gasteiger partial charge in [0, 0.05) is 23.8 Å². The van der Waals surface area contributed by atoms with Crippen molar-refractivity contribution in [2.24, 2.45) is 0 Å². The Hall–Kier alpha value is -1.78. The summed E-state index contributed by atoms with van der Waals surface area (Å²) >= 11 is 11.9. The lowest BCUT2D eigenvalue weighted by atomic mass is 10.0. The SMILES string of the molecule is CCCC(NC)=C(C(=O)O)C(=O)C=C(Cl)c1ccc(Cl)cc1. The Labute approximate surface area is 139 Å². The molecule has 0 aliphatic carbocycles. The lowest BCUT2D eigenvalue weighted by Gasteiger charge is -2.09. The predicted octanol–water partition coefficient (Wildman–Crippen LogP) is 3.85. The number of carbonyl (C=O) groups excluding carboxylic acids is 1. The first-order valence-electron chi connectivity index (χ1n) is 6.72. The zero-order valence-electron chi connectivity index (χ0n) is 12.3. The second kappa shape index (κ2) is 8.61. The molecule has 0 amide bonds. The van der Waals surface area contributed by atoms with E-state index in [-0.39, 0.29) is 10.6 Å². The molecule has 0 spiro atoms. The number of carboxylic acid groups (broad SMARTS) is 1. The molecular formula is C16H17Cl2NO3. The molecule has 6 heteroatoms. The van der Waals surface area contributed by atoms with Crippen molar-refractivity contribution in [1.82, 2.24) is 5.32 Å². The zero-order chi connectivity index (χ0) is 16.7. The number of hydrogen-bond donors (Lipinski definition) is 2. The highest BCUT2D eigenvalue weighted by Gasteiger charge is 2.20. The van der Waals surface area contributed by atoms with Crippen LogP contribution < -0.4 is 5.32 Å². The zero-order valence-corrected chi connectivity index (χ0v) is 13.8. The highest BCUT2D eigenvalue weighted by Crippen LogP contribution is 2.22. The van der Waals surface area contributed by atoms with Crippen molar-refractivity contribution in [3.8, 4) is 0 Å². The molecule has 1 aromatic rings. The standard InChI is InChI=1S/C16H17Cl2NO3/c1-3-4-13(19-2)15(16(21)22)14(20)9-12(18)10-5-7-11(17)8-6-10/h5-9,19H,3-4H2,1-2H3,(H,21,22). The van der Waals surface area contributed by atoms with E-state index in [2.05, 4.69) is 5.32 Å². The lowest BCUT2D eigenvalue weighted by molar-refractivity contribution is -0.134. The maximum absolute atomic E-state index is 12.2. The third-order valence-electron chi connectivity index (χ3n) is 2.94. The summed E-state index contributed by atoms with van der Waals surface area (Å²) in [5, 5.41) is 12.8. The molecule has 0 aliphatic rings. The highest BCUT2D eigenvalue weighted by molar-refractivity contribution is 6.51. The van der Waals surface area contributed by atoms with Crippen molar-refractivity contribution in [2.45, 2.75) is 19.8 Å².